The van der Waals surface area contributed by atoms with E-state index in [1.165, 1.54) is 0 Å². The van der Waals surface area contributed by atoms with Crippen LogP contribution in [-0.2, 0) is 11.8 Å². The lowest BCUT2D eigenvalue weighted by Crippen LogP contribution is -1.79. The number of benzene rings is 1. The molecule has 1 aromatic rings. The average molecular weight is 222 g/mol. The molecule has 60 valence electrons. The molecule has 0 saturated heterocycles. The van der Waals surface area contributed by atoms with E-state index in [4.69, 9.17) is 16.3 Å². The molecule has 1 aromatic carbocycles. The summed E-state index contributed by atoms with van der Waals surface area (Å²) in [4.78, 5) is 0. The first kappa shape index (κ1) is 9.46. The van der Waals surface area contributed by atoms with Crippen LogP contribution in [0.1, 0.15) is 0 Å². The third kappa shape index (κ3) is 4.06. The summed E-state index contributed by atoms with van der Waals surface area (Å²) < 4.78 is 3.09. The molecular formula is C6H7OPS3. The molecule has 0 fully saturated rings. The summed E-state index contributed by atoms with van der Waals surface area (Å²) in [5.74, 6) is 0.723. The van der Waals surface area contributed by atoms with Gasteiger partial charge in [-0.3, -0.25) is 0 Å². The van der Waals surface area contributed by atoms with E-state index in [-0.39, 0.29) is 0 Å². The van der Waals surface area contributed by atoms with E-state index in [2.05, 4.69) is 24.5 Å². The maximum Gasteiger partial charge on any atom is 0.216 e. The van der Waals surface area contributed by atoms with Gasteiger partial charge in [-0.1, -0.05) is 42.7 Å². The predicted octanol–water partition coefficient (Wildman–Crippen LogP) is 3.15. The topological polar surface area (TPSA) is 9.23 Å². The zero-order chi connectivity index (χ0) is 8.32. The molecule has 11 heavy (non-hydrogen) atoms. The van der Waals surface area contributed by atoms with E-state index < -0.39 is 4.67 Å². The minimum atomic E-state index is -2.17. The summed E-state index contributed by atoms with van der Waals surface area (Å²) in [5, 5.41) is 0. The van der Waals surface area contributed by atoms with Crippen molar-refractivity contribution in [3.63, 3.8) is 0 Å². The van der Waals surface area contributed by atoms with Crippen LogP contribution in [0.2, 0.25) is 0 Å². The maximum absolute atomic E-state index is 5.26. The Balaban J connectivity index is 2.74. The van der Waals surface area contributed by atoms with Crippen LogP contribution in [0.25, 0.3) is 0 Å². The fourth-order valence-corrected chi connectivity index (χ4v) is 1.84. The maximum atomic E-state index is 5.26. The minimum absolute atomic E-state index is 0.723. The summed E-state index contributed by atoms with van der Waals surface area (Å²) in [7, 11) is 0. The standard InChI is InChI=1S/C6H7OPS3/c9-8(10,11)7-6-4-2-1-3-5-6/h1-5H,(H2,9,10,11). The second-order valence-corrected chi connectivity index (χ2v) is 10.6. The van der Waals surface area contributed by atoms with Crippen LogP contribution >= 0.6 is 29.2 Å². The molecule has 0 aromatic heterocycles. The Bertz CT molecular complexity index is 268. The predicted molar refractivity (Wildman–Crippen MR) is 59.3 cm³/mol. The van der Waals surface area contributed by atoms with Gasteiger partial charge in [0.2, 0.25) is 4.67 Å². The SMILES string of the molecule is S=P(S)(S)Oc1ccccc1. The highest BCUT2D eigenvalue weighted by atomic mass is 33.2. The van der Waals surface area contributed by atoms with Crippen molar-refractivity contribution in [1.82, 2.24) is 0 Å². The first-order chi connectivity index (χ1) is 5.08. The molecule has 1 rings (SSSR count). The Kier molecular flexibility index (Phi) is 3.31. The zero-order valence-electron chi connectivity index (χ0n) is 5.54. The molecular weight excluding hydrogens is 215 g/mol. The highest BCUT2D eigenvalue weighted by Crippen LogP contribution is 2.56. The molecule has 0 radical (unpaired) electrons. The highest BCUT2D eigenvalue weighted by Gasteiger charge is 2.04. The normalized spacial score (nSPS) is 11.1. The lowest BCUT2D eigenvalue weighted by Gasteiger charge is -2.10. The Morgan fingerprint density at radius 3 is 2.18 bits per heavy atom. The molecule has 0 saturated carbocycles. The van der Waals surface area contributed by atoms with Gasteiger partial charge in [-0.05, 0) is 23.9 Å². The minimum Gasteiger partial charge on any atom is -0.449 e. The largest absolute Gasteiger partial charge is 0.449 e. The Hall–Kier alpha value is 0.370. The lowest BCUT2D eigenvalue weighted by atomic mass is 10.3. The molecule has 0 N–H and O–H groups in total. The molecule has 0 aliphatic heterocycles. The van der Waals surface area contributed by atoms with Crippen molar-refractivity contribution in [3.8, 4) is 5.75 Å². The zero-order valence-corrected chi connectivity index (χ0v) is 9.04. The number of para-hydroxylation sites is 1. The van der Waals surface area contributed by atoms with E-state index in [0.717, 1.165) is 5.75 Å². The molecule has 0 heterocycles. The van der Waals surface area contributed by atoms with Crippen LogP contribution in [0.4, 0.5) is 0 Å². The second kappa shape index (κ2) is 3.85. The molecule has 0 unspecified atom stereocenters. The number of rotatable bonds is 2. The fourth-order valence-electron chi connectivity index (χ4n) is 0.619. The van der Waals surface area contributed by atoms with Gasteiger partial charge in [0, 0.05) is 0 Å². The van der Waals surface area contributed by atoms with Gasteiger partial charge in [-0.15, -0.1) is 0 Å². The Morgan fingerprint density at radius 1 is 1.18 bits per heavy atom. The summed E-state index contributed by atoms with van der Waals surface area (Å²) in [6.45, 7) is 0. The number of hydrogen-bond donors (Lipinski definition) is 2. The first-order valence-corrected chi connectivity index (χ1v) is 7.91. The molecule has 0 bridgehead atoms. The van der Waals surface area contributed by atoms with Gasteiger partial charge in [0.05, 0.1) is 0 Å². The molecule has 0 spiro atoms. The molecule has 0 aliphatic carbocycles. The smallest absolute Gasteiger partial charge is 0.216 e. The van der Waals surface area contributed by atoms with E-state index in [1.54, 1.807) is 0 Å². The van der Waals surface area contributed by atoms with Gasteiger partial charge < -0.3 is 4.52 Å². The van der Waals surface area contributed by atoms with Crippen molar-refractivity contribution >= 4 is 41.0 Å². The van der Waals surface area contributed by atoms with Crippen LogP contribution in [-0.4, -0.2) is 0 Å². The lowest BCUT2D eigenvalue weighted by molar-refractivity contribution is 0.638. The molecule has 0 aliphatic rings. The highest BCUT2D eigenvalue weighted by molar-refractivity contribution is 8.90. The summed E-state index contributed by atoms with van der Waals surface area (Å²) in [6.07, 6.45) is 0. The van der Waals surface area contributed by atoms with Crippen molar-refractivity contribution in [3.05, 3.63) is 30.3 Å². The molecule has 0 atom stereocenters. The van der Waals surface area contributed by atoms with Gasteiger partial charge in [-0.2, -0.15) is 0 Å². The summed E-state index contributed by atoms with van der Waals surface area (Å²) >= 11 is 13.0. The third-order valence-corrected chi connectivity index (χ3v) is 2.13. The summed E-state index contributed by atoms with van der Waals surface area (Å²) in [5.41, 5.74) is 0. The van der Waals surface area contributed by atoms with Crippen LogP contribution in [0.3, 0.4) is 0 Å². The van der Waals surface area contributed by atoms with E-state index in [1.807, 2.05) is 30.3 Å². The van der Waals surface area contributed by atoms with E-state index in [9.17, 15) is 0 Å². The van der Waals surface area contributed by atoms with Crippen LogP contribution in [0.15, 0.2) is 30.3 Å². The van der Waals surface area contributed by atoms with Crippen molar-refractivity contribution in [1.29, 1.82) is 0 Å². The first-order valence-electron chi connectivity index (χ1n) is 2.88. The van der Waals surface area contributed by atoms with Gasteiger partial charge in [0.25, 0.3) is 0 Å². The Labute approximate surface area is 81.6 Å². The molecule has 1 nitrogen and oxygen atoms in total. The molecule has 5 heteroatoms. The average Bonchev–Trinajstić information content (AvgIpc) is 1.85. The van der Waals surface area contributed by atoms with Crippen LogP contribution in [0.5, 0.6) is 5.75 Å². The van der Waals surface area contributed by atoms with Crippen molar-refractivity contribution < 1.29 is 4.52 Å². The van der Waals surface area contributed by atoms with Crippen LogP contribution in [0, 0.1) is 0 Å². The van der Waals surface area contributed by atoms with E-state index >= 15 is 0 Å². The molecule has 0 amide bonds. The second-order valence-electron chi connectivity index (χ2n) is 1.89. The number of thiol groups is 2. The van der Waals surface area contributed by atoms with E-state index in [0.29, 0.717) is 0 Å². The van der Waals surface area contributed by atoms with Crippen molar-refractivity contribution in [2.45, 2.75) is 0 Å². The third-order valence-electron chi connectivity index (χ3n) is 0.968. The van der Waals surface area contributed by atoms with Gasteiger partial charge in [-0.25, -0.2) is 0 Å². The summed E-state index contributed by atoms with van der Waals surface area (Å²) in [6, 6.07) is 9.32. The number of hydrogen-bond acceptors (Lipinski definition) is 2. The fraction of sp³-hybridized carbons (Fsp3) is 0. The quantitative estimate of drug-likeness (QED) is 0.587. The van der Waals surface area contributed by atoms with Crippen molar-refractivity contribution in [2.24, 2.45) is 0 Å². The van der Waals surface area contributed by atoms with Gasteiger partial charge in [0.15, 0.2) is 0 Å². The Morgan fingerprint density at radius 2 is 1.73 bits per heavy atom. The monoisotopic (exact) mass is 222 g/mol. The van der Waals surface area contributed by atoms with Gasteiger partial charge >= 0.3 is 0 Å². The van der Waals surface area contributed by atoms with Crippen LogP contribution < -0.4 is 4.52 Å². The van der Waals surface area contributed by atoms with Gasteiger partial charge in [0.1, 0.15) is 5.75 Å². The van der Waals surface area contributed by atoms with Crippen molar-refractivity contribution in [2.75, 3.05) is 0 Å².